The van der Waals surface area contributed by atoms with Crippen molar-refractivity contribution in [1.82, 2.24) is 0 Å². The lowest BCUT2D eigenvalue weighted by Crippen LogP contribution is -2.39. The van der Waals surface area contributed by atoms with Gasteiger partial charge in [0.1, 0.15) is 6.47 Å². The monoisotopic (exact) mass is 915 g/mol. The first-order valence-electron chi connectivity index (χ1n) is 4.97. The minimum Gasteiger partial charge on any atom is -0.0786 e. The minimum atomic E-state index is -0.476. The van der Waals surface area contributed by atoms with Gasteiger partial charge in [0.05, 0.1) is 0 Å². The molecule has 116 valence electrons. The van der Waals surface area contributed by atoms with Crippen molar-refractivity contribution in [2.45, 2.75) is 10.8 Å². The highest BCUT2D eigenvalue weighted by atomic mass is 80.0. The van der Waals surface area contributed by atoms with E-state index in [1.54, 1.807) is 0 Å². The predicted octanol–water partition coefficient (Wildman–Crippen LogP) is 8.99. The van der Waals surface area contributed by atoms with E-state index in [4.69, 9.17) is 0 Å². The Labute approximate surface area is 202 Å². The lowest BCUT2D eigenvalue weighted by molar-refractivity contribution is 0.677. The molecule has 1 aliphatic rings. The second-order valence-electron chi connectivity index (χ2n) is 4.06. The van der Waals surface area contributed by atoms with Crippen LogP contribution in [-0.4, -0.2) is 10.8 Å². The van der Waals surface area contributed by atoms with Crippen LogP contribution in [-0.2, 0) is 0 Å². The fourth-order valence-corrected chi connectivity index (χ4v) is 4.28. The Kier molecular flexibility index (Phi) is 8.80. The van der Waals surface area contributed by atoms with E-state index in [0.29, 0.717) is 0 Å². The number of hydrogen-bond donors (Lipinski definition) is 0. The number of rotatable bonds is 2. The van der Waals surface area contributed by atoms with Crippen LogP contribution in [0.5, 0.6) is 0 Å². The lowest BCUT2D eigenvalue weighted by atomic mass is 9.93. The Balaban J connectivity index is 2.96. The van der Waals surface area contributed by atoms with E-state index in [1.165, 1.54) is 0 Å². The molecule has 10 heteroatoms. The van der Waals surface area contributed by atoms with Gasteiger partial charge < -0.3 is 0 Å². The minimum absolute atomic E-state index is 0.142. The molecule has 0 aromatic carbocycles. The van der Waals surface area contributed by atoms with Crippen molar-refractivity contribution in [2.24, 2.45) is 11.8 Å². The average Bonchev–Trinajstić information content (AvgIpc) is 2.26. The van der Waals surface area contributed by atoms with Crippen LogP contribution in [0.1, 0.15) is 0 Å². The molecule has 0 radical (unpaired) electrons. The smallest absolute Gasteiger partial charge is 0.0786 e. The van der Waals surface area contributed by atoms with Gasteiger partial charge in [-0.05, 0) is 0 Å². The van der Waals surface area contributed by atoms with E-state index in [1.807, 2.05) is 0 Å². The van der Waals surface area contributed by atoms with E-state index < -0.39 is 10.8 Å². The number of allylic oxidation sites excluding steroid dienone is 4. The van der Waals surface area contributed by atoms with Crippen molar-refractivity contribution in [2.75, 3.05) is 0 Å². The standard InChI is InChI=1S/C10H6Br10/c11-7(12,9(15,16)17)5-1-2-6(4-3-5)8(13,14)10(18,19)20/h1-6H. The van der Waals surface area contributed by atoms with Gasteiger partial charge in [0.2, 0.25) is 0 Å². The summed E-state index contributed by atoms with van der Waals surface area (Å²) >= 11 is 36.1. The molecule has 1 rings (SSSR count). The normalized spacial score (nSPS) is 25.1. The van der Waals surface area contributed by atoms with Crippen molar-refractivity contribution in [3.63, 3.8) is 0 Å². The molecule has 0 amide bonds. The van der Waals surface area contributed by atoms with E-state index in [2.05, 4.69) is 184 Å². The summed E-state index contributed by atoms with van der Waals surface area (Å²) in [4.78, 5) is 0. The molecule has 0 fully saturated rings. The molecule has 0 spiro atoms. The van der Waals surface area contributed by atoms with E-state index in [0.717, 1.165) is 0 Å². The first-order chi connectivity index (χ1) is 8.71. The van der Waals surface area contributed by atoms with Gasteiger partial charge in [0, 0.05) is 11.8 Å². The van der Waals surface area contributed by atoms with E-state index >= 15 is 0 Å². The lowest BCUT2D eigenvalue weighted by Gasteiger charge is -2.39. The highest BCUT2D eigenvalue weighted by Gasteiger charge is 2.50. The molecule has 0 heterocycles. The maximum absolute atomic E-state index is 3.70. The van der Waals surface area contributed by atoms with Crippen molar-refractivity contribution in [3.8, 4) is 0 Å². The van der Waals surface area contributed by atoms with Crippen LogP contribution in [0.15, 0.2) is 24.3 Å². The largest absolute Gasteiger partial charge is 0.160 e. The molecule has 0 saturated heterocycles. The molecule has 1 aliphatic carbocycles. The van der Waals surface area contributed by atoms with Crippen LogP contribution in [0.2, 0.25) is 0 Å². The van der Waals surface area contributed by atoms with Crippen molar-refractivity contribution in [3.05, 3.63) is 24.3 Å². The van der Waals surface area contributed by atoms with Gasteiger partial charge in [-0.2, -0.15) is 0 Å². The predicted molar refractivity (Wildman–Crippen MR) is 125 cm³/mol. The summed E-state index contributed by atoms with van der Waals surface area (Å²) in [6, 6.07) is 0. The zero-order valence-corrected chi connectivity index (χ0v) is 25.1. The number of alkyl halides is 10. The molecule has 0 aromatic heterocycles. The van der Waals surface area contributed by atoms with Gasteiger partial charge in [-0.3, -0.25) is 0 Å². The molecule has 0 aliphatic heterocycles. The van der Waals surface area contributed by atoms with Crippen molar-refractivity contribution in [1.29, 1.82) is 0 Å². The third kappa shape index (κ3) is 5.15. The third-order valence-corrected chi connectivity index (χ3v) is 17.3. The van der Waals surface area contributed by atoms with Gasteiger partial charge in [-0.15, -0.1) is 0 Å². The maximum Gasteiger partial charge on any atom is 0.160 e. The Hall–Kier alpha value is 4.28. The van der Waals surface area contributed by atoms with Crippen LogP contribution in [0.25, 0.3) is 0 Å². The topological polar surface area (TPSA) is 0 Å². The van der Waals surface area contributed by atoms with Crippen molar-refractivity contribution >= 4 is 159 Å². The fraction of sp³-hybridized carbons (Fsp3) is 0.600. The van der Waals surface area contributed by atoms with Gasteiger partial charge in [-0.25, -0.2) is 0 Å². The fourth-order valence-electron chi connectivity index (χ4n) is 1.47. The molecule has 0 bridgehead atoms. The highest BCUT2D eigenvalue weighted by Crippen LogP contribution is 2.60. The zero-order valence-electron chi connectivity index (χ0n) is 9.24. The first-order valence-corrected chi connectivity index (χ1v) is 12.9. The molecule has 0 aromatic rings. The SMILES string of the molecule is BrC(Br)(Br)C(Br)(Br)C1C=CC(C(Br)(Br)C(Br)(Br)Br)C=C1. The van der Waals surface area contributed by atoms with Gasteiger partial charge in [-0.1, -0.05) is 184 Å². The van der Waals surface area contributed by atoms with Crippen LogP contribution in [0.4, 0.5) is 0 Å². The zero-order chi connectivity index (χ0) is 16.0. The molecule has 0 saturated carbocycles. The number of hydrogen-bond acceptors (Lipinski definition) is 0. The Morgan fingerprint density at radius 2 is 0.650 bits per heavy atom. The average molecular weight is 925 g/mol. The summed E-state index contributed by atoms with van der Waals surface area (Å²) in [7, 11) is 0. The summed E-state index contributed by atoms with van der Waals surface area (Å²) < 4.78 is -1.78. The first kappa shape index (κ1) is 22.3. The van der Waals surface area contributed by atoms with Crippen LogP contribution in [0, 0.1) is 11.8 Å². The molecular weight excluding hydrogens is 919 g/mol. The molecule has 0 unspecified atom stereocenters. The van der Waals surface area contributed by atoms with Gasteiger partial charge in [0.15, 0.2) is 4.29 Å². The molecule has 0 N–H and O–H groups in total. The second-order valence-corrected chi connectivity index (χ2v) is 24.7. The molecule has 0 nitrogen and oxygen atoms in total. The second kappa shape index (κ2) is 7.89. The molecule has 20 heavy (non-hydrogen) atoms. The summed E-state index contributed by atoms with van der Waals surface area (Å²) in [6.07, 6.45) is 8.57. The summed E-state index contributed by atoms with van der Waals surface area (Å²) in [5, 5.41) is 0. The van der Waals surface area contributed by atoms with Crippen molar-refractivity contribution < 1.29 is 0 Å². The quantitative estimate of drug-likeness (QED) is 0.192. The Bertz CT molecular complexity index is 359. The van der Waals surface area contributed by atoms with Crippen LogP contribution < -0.4 is 0 Å². The molecular formula is C10H6Br10. The third-order valence-electron chi connectivity index (χ3n) is 2.64. The summed E-state index contributed by atoms with van der Waals surface area (Å²) in [6.45, 7) is 0. The maximum atomic E-state index is 3.70. The Morgan fingerprint density at radius 3 is 0.800 bits per heavy atom. The van der Waals surface area contributed by atoms with Gasteiger partial charge >= 0.3 is 0 Å². The number of halogens is 10. The summed E-state index contributed by atoms with van der Waals surface area (Å²) in [5.41, 5.74) is 0. The Morgan fingerprint density at radius 1 is 0.450 bits per heavy atom. The van der Waals surface area contributed by atoms with Crippen LogP contribution in [0.3, 0.4) is 0 Å². The van der Waals surface area contributed by atoms with E-state index in [9.17, 15) is 0 Å². The van der Waals surface area contributed by atoms with E-state index in [-0.39, 0.29) is 11.8 Å². The van der Waals surface area contributed by atoms with Gasteiger partial charge in [0.25, 0.3) is 0 Å². The summed E-state index contributed by atoms with van der Waals surface area (Å²) in [5.74, 6) is 0.283. The molecule has 0 atom stereocenters. The van der Waals surface area contributed by atoms with Crippen LogP contribution >= 0.6 is 159 Å². The highest BCUT2D eigenvalue weighted by molar-refractivity contribution is 9.42.